The fourth-order valence-electron chi connectivity index (χ4n) is 3.42. The minimum Gasteiger partial charge on any atom is -0.392 e. The maximum Gasteiger partial charge on any atom is 0.0681 e. The van der Waals surface area contributed by atoms with Crippen molar-refractivity contribution in [3.63, 3.8) is 0 Å². The first kappa shape index (κ1) is 15.5. The highest BCUT2D eigenvalue weighted by Crippen LogP contribution is 2.38. The van der Waals surface area contributed by atoms with Crippen molar-refractivity contribution < 1.29 is 5.11 Å². The number of hydrogen-bond acceptors (Lipinski definition) is 2. The quantitative estimate of drug-likeness (QED) is 0.874. The van der Waals surface area contributed by atoms with Gasteiger partial charge in [-0.3, -0.25) is 0 Å². The van der Waals surface area contributed by atoms with Crippen LogP contribution in [-0.4, -0.2) is 11.1 Å². The second-order valence-corrected chi connectivity index (χ2v) is 7.22. The van der Waals surface area contributed by atoms with E-state index in [2.05, 4.69) is 38.2 Å². The predicted molar refractivity (Wildman–Crippen MR) is 84.4 cm³/mol. The summed E-state index contributed by atoms with van der Waals surface area (Å²) in [5.74, 6) is 0.771. The molecule has 0 heterocycles. The van der Waals surface area contributed by atoms with E-state index in [9.17, 15) is 0 Å². The average molecular weight is 275 g/mol. The van der Waals surface area contributed by atoms with Gasteiger partial charge in [0, 0.05) is 12.6 Å². The Morgan fingerprint density at radius 1 is 1.05 bits per heavy atom. The van der Waals surface area contributed by atoms with Crippen molar-refractivity contribution in [2.75, 3.05) is 0 Å². The van der Waals surface area contributed by atoms with Crippen LogP contribution in [-0.2, 0) is 13.2 Å². The van der Waals surface area contributed by atoms with E-state index >= 15 is 0 Å². The van der Waals surface area contributed by atoms with Crippen molar-refractivity contribution in [3.05, 3.63) is 35.4 Å². The lowest BCUT2D eigenvalue weighted by Gasteiger charge is -2.41. The molecule has 2 rings (SSSR count). The molecule has 1 aromatic rings. The van der Waals surface area contributed by atoms with Gasteiger partial charge in [-0.05, 0) is 35.3 Å². The highest BCUT2D eigenvalue weighted by atomic mass is 16.3. The van der Waals surface area contributed by atoms with Gasteiger partial charge in [-0.2, -0.15) is 0 Å². The molecule has 1 aliphatic rings. The van der Waals surface area contributed by atoms with E-state index in [0.29, 0.717) is 11.5 Å². The van der Waals surface area contributed by atoms with Crippen molar-refractivity contribution in [1.29, 1.82) is 0 Å². The lowest BCUT2D eigenvalue weighted by atomic mass is 9.69. The van der Waals surface area contributed by atoms with E-state index in [0.717, 1.165) is 18.0 Å². The Labute approximate surface area is 123 Å². The van der Waals surface area contributed by atoms with Crippen LogP contribution in [0.2, 0.25) is 0 Å². The van der Waals surface area contributed by atoms with Crippen molar-refractivity contribution in [3.8, 4) is 0 Å². The Balaban J connectivity index is 1.93. The minimum atomic E-state index is 0.127. The van der Waals surface area contributed by atoms with Gasteiger partial charge >= 0.3 is 0 Å². The van der Waals surface area contributed by atoms with Crippen LogP contribution in [0.1, 0.15) is 57.6 Å². The molecule has 1 fully saturated rings. The number of rotatable bonds is 4. The Hall–Kier alpha value is -0.860. The van der Waals surface area contributed by atoms with Crippen LogP contribution < -0.4 is 5.32 Å². The molecule has 2 heteroatoms. The van der Waals surface area contributed by atoms with Crippen LogP contribution in [0.4, 0.5) is 0 Å². The summed E-state index contributed by atoms with van der Waals surface area (Å²) in [5, 5.41) is 12.8. The van der Waals surface area contributed by atoms with Crippen LogP contribution in [0.25, 0.3) is 0 Å². The topological polar surface area (TPSA) is 32.3 Å². The van der Waals surface area contributed by atoms with Crippen LogP contribution in [0, 0.1) is 11.3 Å². The fraction of sp³-hybridized carbons (Fsp3) is 0.667. The molecule has 1 saturated carbocycles. The molecule has 2 unspecified atom stereocenters. The van der Waals surface area contributed by atoms with E-state index < -0.39 is 0 Å². The van der Waals surface area contributed by atoms with Crippen LogP contribution in [0.3, 0.4) is 0 Å². The molecule has 0 amide bonds. The summed E-state index contributed by atoms with van der Waals surface area (Å²) in [6.07, 6.45) is 5.39. The zero-order valence-corrected chi connectivity index (χ0v) is 13.2. The number of benzene rings is 1. The van der Waals surface area contributed by atoms with Crippen LogP contribution in [0.15, 0.2) is 24.3 Å². The fourth-order valence-corrected chi connectivity index (χ4v) is 3.42. The first-order chi connectivity index (χ1) is 9.50. The van der Waals surface area contributed by atoms with E-state index in [1.807, 2.05) is 12.1 Å². The minimum absolute atomic E-state index is 0.127. The third-order valence-electron chi connectivity index (χ3n) is 4.65. The second kappa shape index (κ2) is 6.73. The predicted octanol–water partition coefficient (Wildman–Crippen LogP) is 3.87. The van der Waals surface area contributed by atoms with Crippen molar-refractivity contribution in [2.24, 2.45) is 11.3 Å². The molecule has 20 heavy (non-hydrogen) atoms. The first-order valence-corrected chi connectivity index (χ1v) is 7.93. The molecule has 1 aromatic carbocycles. The van der Waals surface area contributed by atoms with E-state index in [1.165, 1.54) is 31.2 Å². The smallest absolute Gasteiger partial charge is 0.0681 e. The summed E-state index contributed by atoms with van der Waals surface area (Å²) in [5.41, 5.74) is 2.68. The third-order valence-corrected chi connectivity index (χ3v) is 4.65. The Morgan fingerprint density at radius 3 is 2.25 bits per heavy atom. The zero-order chi connectivity index (χ0) is 14.6. The standard InChI is InChI=1S/C18H29NO/c1-18(2,3)16-6-4-5-7-17(16)19-12-14-8-10-15(13-20)11-9-14/h8-11,16-17,19-20H,4-7,12-13H2,1-3H3. The van der Waals surface area contributed by atoms with Gasteiger partial charge in [0.05, 0.1) is 6.61 Å². The van der Waals surface area contributed by atoms with E-state index in [4.69, 9.17) is 5.11 Å². The molecule has 0 aliphatic heterocycles. The highest BCUT2D eigenvalue weighted by molar-refractivity contribution is 5.21. The van der Waals surface area contributed by atoms with Gasteiger partial charge in [0.2, 0.25) is 0 Å². The molecule has 0 saturated heterocycles. The summed E-state index contributed by atoms with van der Waals surface area (Å²) in [7, 11) is 0. The highest BCUT2D eigenvalue weighted by Gasteiger charge is 2.33. The van der Waals surface area contributed by atoms with Crippen molar-refractivity contribution in [1.82, 2.24) is 5.32 Å². The summed E-state index contributed by atoms with van der Waals surface area (Å²) in [4.78, 5) is 0. The molecule has 0 bridgehead atoms. The number of aliphatic hydroxyl groups is 1. The summed E-state index contributed by atoms with van der Waals surface area (Å²) >= 11 is 0. The van der Waals surface area contributed by atoms with E-state index in [1.54, 1.807) is 0 Å². The molecular formula is C18H29NO. The Morgan fingerprint density at radius 2 is 1.65 bits per heavy atom. The molecular weight excluding hydrogens is 246 g/mol. The Kier molecular flexibility index (Phi) is 5.22. The third kappa shape index (κ3) is 4.07. The van der Waals surface area contributed by atoms with Gasteiger partial charge in [-0.15, -0.1) is 0 Å². The molecule has 0 aromatic heterocycles. The van der Waals surface area contributed by atoms with Gasteiger partial charge in [-0.1, -0.05) is 57.9 Å². The van der Waals surface area contributed by atoms with Gasteiger partial charge in [-0.25, -0.2) is 0 Å². The molecule has 0 radical (unpaired) electrons. The SMILES string of the molecule is CC(C)(C)C1CCCCC1NCc1ccc(CO)cc1. The summed E-state index contributed by atoms with van der Waals surface area (Å²) in [6, 6.07) is 8.90. The number of aliphatic hydroxyl groups excluding tert-OH is 1. The molecule has 1 aliphatic carbocycles. The summed E-state index contributed by atoms with van der Waals surface area (Å²) < 4.78 is 0. The maximum atomic E-state index is 9.07. The van der Waals surface area contributed by atoms with Crippen molar-refractivity contribution >= 4 is 0 Å². The lowest BCUT2D eigenvalue weighted by molar-refractivity contribution is 0.130. The lowest BCUT2D eigenvalue weighted by Crippen LogP contribution is -2.43. The molecule has 2 N–H and O–H groups in total. The van der Waals surface area contributed by atoms with Gasteiger partial charge in [0.25, 0.3) is 0 Å². The van der Waals surface area contributed by atoms with Crippen LogP contribution >= 0.6 is 0 Å². The largest absolute Gasteiger partial charge is 0.392 e. The molecule has 112 valence electrons. The van der Waals surface area contributed by atoms with E-state index in [-0.39, 0.29) is 6.61 Å². The van der Waals surface area contributed by atoms with Crippen molar-refractivity contribution in [2.45, 2.75) is 65.6 Å². The monoisotopic (exact) mass is 275 g/mol. The average Bonchev–Trinajstić information content (AvgIpc) is 2.45. The number of nitrogens with one attached hydrogen (secondary N) is 1. The second-order valence-electron chi connectivity index (χ2n) is 7.22. The van der Waals surface area contributed by atoms with Gasteiger partial charge in [0.1, 0.15) is 0 Å². The van der Waals surface area contributed by atoms with Crippen LogP contribution in [0.5, 0.6) is 0 Å². The summed E-state index contributed by atoms with van der Waals surface area (Å²) in [6.45, 7) is 8.17. The molecule has 0 spiro atoms. The number of hydrogen-bond donors (Lipinski definition) is 2. The zero-order valence-electron chi connectivity index (χ0n) is 13.2. The first-order valence-electron chi connectivity index (χ1n) is 7.93. The Bertz CT molecular complexity index is 404. The molecule has 2 atom stereocenters. The van der Waals surface area contributed by atoms with Gasteiger partial charge in [0.15, 0.2) is 0 Å². The van der Waals surface area contributed by atoms with Gasteiger partial charge < -0.3 is 10.4 Å². The maximum absolute atomic E-state index is 9.07. The normalized spacial score (nSPS) is 23.8. The molecule has 2 nitrogen and oxygen atoms in total.